The second kappa shape index (κ2) is 11.8. The maximum atomic E-state index is 12.2. The summed E-state index contributed by atoms with van der Waals surface area (Å²) in [5.74, 6) is 0.337. The fraction of sp³-hybridized carbons (Fsp3) is 0.500. The van der Waals surface area contributed by atoms with Crippen LogP contribution in [0, 0.1) is 0 Å². The SMILES string of the molecule is CCOCCNC(=NC)NCCCCN1C(=O)c2ccccc2C1=O.I. The normalized spacial score (nSPS) is 13.5. The molecular weight excluding hydrogens is 447 g/mol. The van der Waals surface area contributed by atoms with Crippen molar-refractivity contribution in [3.05, 3.63) is 35.4 Å². The summed E-state index contributed by atoms with van der Waals surface area (Å²) in [5.41, 5.74) is 1.01. The summed E-state index contributed by atoms with van der Waals surface area (Å²) in [6, 6.07) is 6.97. The summed E-state index contributed by atoms with van der Waals surface area (Å²) >= 11 is 0. The standard InChI is InChI=1S/C18H26N4O3.HI/c1-3-25-13-11-21-18(19-2)20-10-6-7-12-22-16(23)14-8-4-5-9-15(14)17(22)24;/h4-5,8-9H,3,6-7,10-13H2,1-2H3,(H2,19,20,21);1H. The fourth-order valence-corrected chi connectivity index (χ4v) is 2.65. The molecule has 0 fully saturated rings. The number of unbranched alkanes of at least 4 members (excludes halogenated alkanes) is 1. The van der Waals surface area contributed by atoms with Gasteiger partial charge in [-0.3, -0.25) is 19.5 Å². The number of hydrogen-bond acceptors (Lipinski definition) is 4. The number of carbonyl (C=O) groups is 2. The predicted molar refractivity (Wildman–Crippen MR) is 112 cm³/mol. The number of hydrogen-bond donors (Lipinski definition) is 2. The van der Waals surface area contributed by atoms with Gasteiger partial charge in [-0.25, -0.2) is 0 Å². The van der Waals surface area contributed by atoms with Crippen molar-refractivity contribution in [3.63, 3.8) is 0 Å². The molecule has 1 aromatic rings. The van der Waals surface area contributed by atoms with Crippen LogP contribution in [0.2, 0.25) is 0 Å². The van der Waals surface area contributed by atoms with Gasteiger partial charge in [-0.1, -0.05) is 12.1 Å². The third-order valence-electron chi connectivity index (χ3n) is 3.95. The highest BCUT2D eigenvalue weighted by Crippen LogP contribution is 2.22. The number of carbonyl (C=O) groups excluding carboxylic acids is 2. The van der Waals surface area contributed by atoms with Gasteiger partial charge in [-0.05, 0) is 31.9 Å². The van der Waals surface area contributed by atoms with E-state index in [-0.39, 0.29) is 35.8 Å². The maximum Gasteiger partial charge on any atom is 0.261 e. The van der Waals surface area contributed by atoms with Crippen LogP contribution in [0.15, 0.2) is 29.3 Å². The number of imide groups is 1. The van der Waals surface area contributed by atoms with Crippen LogP contribution in [0.3, 0.4) is 0 Å². The predicted octanol–water partition coefficient (Wildman–Crippen LogP) is 1.88. The molecule has 0 atom stereocenters. The van der Waals surface area contributed by atoms with E-state index >= 15 is 0 Å². The Morgan fingerprint density at radius 3 is 2.27 bits per heavy atom. The van der Waals surface area contributed by atoms with Gasteiger partial charge in [0.25, 0.3) is 11.8 Å². The molecular formula is C18H27IN4O3. The summed E-state index contributed by atoms with van der Waals surface area (Å²) in [4.78, 5) is 30.0. The fourth-order valence-electron chi connectivity index (χ4n) is 2.65. The molecule has 144 valence electrons. The molecule has 0 spiro atoms. The topological polar surface area (TPSA) is 83.0 Å². The number of nitrogens with one attached hydrogen (secondary N) is 2. The van der Waals surface area contributed by atoms with Gasteiger partial charge in [0.05, 0.1) is 17.7 Å². The molecule has 0 saturated carbocycles. The Bertz CT molecular complexity index is 602. The molecule has 2 amide bonds. The number of ether oxygens (including phenoxy) is 1. The van der Waals surface area contributed by atoms with Crippen LogP contribution in [0.1, 0.15) is 40.5 Å². The van der Waals surface area contributed by atoms with Gasteiger partial charge >= 0.3 is 0 Å². The van der Waals surface area contributed by atoms with Crippen molar-refractivity contribution in [2.45, 2.75) is 19.8 Å². The van der Waals surface area contributed by atoms with E-state index in [1.807, 2.05) is 6.92 Å². The van der Waals surface area contributed by atoms with E-state index in [1.54, 1.807) is 31.3 Å². The Labute approximate surface area is 171 Å². The zero-order valence-electron chi connectivity index (χ0n) is 15.3. The first-order chi connectivity index (χ1) is 12.2. The van der Waals surface area contributed by atoms with E-state index in [0.717, 1.165) is 25.3 Å². The highest BCUT2D eigenvalue weighted by molar-refractivity contribution is 14.0. The number of nitrogens with zero attached hydrogens (tertiary/aromatic N) is 2. The van der Waals surface area contributed by atoms with Crippen molar-refractivity contribution in [3.8, 4) is 0 Å². The van der Waals surface area contributed by atoms with Crippen LogP contribution in [0.5, 0.6) is 0 Å². The third kappa shape index (κ3) is 5.94. The van der Waals surface area contributed by atoms with Gasteiger partial charge in [-0.2, -0.15) is 0 Å². The number of amides is 2. The molecule has 1 aliphatic rings. The lowest BCUT2D eigenvalue weighted by Crippen LogP contribution is -2.39. The van der Waals surface area contributed by atoms with Crippen molar-refractivity contribution >= 4 is 41.8 Å². The molecule has 0 radical (unpaired) electrons. The average molecular weight is 474 g/mol. The van der Waals surface area contributed by atoms with Gasteiger partial charge < -0.3 is 15.4 Å². The first-order valence-electron chi connectivity index (χ1n) is 8.66. The Kier molecular flexibility index (Phi) is 10.2. The zero-order chi connectivity index (χ0) is 18.1. The van der Waals surface area contributed by atoms with Crippen LogP contribution >= 0.6 is 24.0 Å². The largest absolute Gasteiger partial charge is 0.380 e. The van der Waals surface area contributed by atoms with Gasteiger partial charge in [0.15, 0.2) is 5.96 Å². The highest BCUT2D eigenvalue weighted by atomic mass is 127. The number of rotatable bonds is 9. The lowest BCUT2D eigenvalue weighted by molar-refractivity contribution is 0.0652. The molecule has 8 heteroatoms. The minimum absolute atomic E-state index is 0. The molecule has 0 unspecified atom stereocenters. The minimum Gasteiger partial charge on any atom is -0.380 e. The monoisotopic (exact) mass is 474 g/mol. The van der Waals surface area contributed by atoms with Crippen molar-refractivity contribution in [1.82, 2.24) is 15.5 Å². The van der Waals surface area contributed by atoms with E-state index in [9.17, 15) is 9.59 Å². The van der Waals surface area contributed by atoms with Gasteiger partial charge in [0, 0.05) is 33.3 Å². The quantitative estimate of drug-likeness (QED) is 0.188. The molecule has 7 nitrogen and oxygen atoms in total. The summed E-state index contributed by atoms with van der Waals surface area (Å²) in [7, 11) is 1.72. The number of fused-ring (bicyclic) bond motifs is 1. The van der Waals surface area contributed by atoms with Gasteiger partial charge in [0.2, 0.25) is 0 Å². The second-order valence-corrected chi connectivity index (χ2v) is 5.64. The molecule has 0 aliphatic carbocycles. The molecule has 1 heterocycles. The first-order valence-corrected chi connectivity index (χ1v) is 8.66. The summed E-state index contributed by atoms with van der Waals surface area (Å²) in [6.45, 7) is 5.15. The van der Waals surface area contributed by atoms with Crippen LogP contribution < -0.4 is 10.6 Å². The number of guanidine groups is 1. The number of aliphatic imine (C=N–C) groups is 1. The zero-order valence-corrected chi connectivity index (χ0v) is 17.6. The molecule has 2 N–H and O–H groups in total. The van der Waals surface area contributed by atoms with E-state index in [1.165, 1.54) is 4.90 Å². The van der Waals surface area contributed by atoms with Crippen LogP contribution in [0.4, 0.5) is 0 Å². The maximum absolute atomic E-state index is 12.2. The third-order valence-corrected chi connectivity index (χ3v) is 3.95. The summed E-state index contributed by atoms with van der Waals surface area (Å²) < 4.78 is 5.26. The Balaban J connectivity index is 0.00000338. The smallest absolute Gasteiger partial charge is 0.261 e. The summed E-state index contributed by atoms with van der Waals surface area (Å²) in [5, 5.41) is 6.36. The molecule has 1 aromatic carbocycles. The minimum atomic E-state index is -0.193. The van der Waals surface area contributed by atoms with Crippen molar-refractivity contribution < 1.29 is 14.3 Å². The van der Waals surface area contributed by atoms with Crippen molar-refractivity contribution in [1.29, 1.82) is 0 Å². The second-order valence-electron chi connectivity index (χ2n) is 5.64. The number of benzene rings is 1. The molecule has 0 saturated heterocycles. The Morgan fingerprint density at radius 1 is 1.08 bits per heavy atom. The Hall–Kier alpha value is -1.68. The first kappa shape index (κ1) is 22.4. The molecule has 26 heavy (non-hydrogen) atoms. The lowest BCUT2D eigenvalue weighted by atomic mass is 10.1. The van der Waals surface area contributed by atoms with Crippen LogP contribution in [-0.4, -0.2) is 62.6 Å². The van der Waals surface area contributed by atoms with Crippen LogP contribution in [-0.2, 0) is 4.74 Å². The van der Waals surface area contributed by atoms with E-state index < -0.39 is 0 Å². The van der Waals surface area contributed by atoms with Gasteiger partial charge in [0.1, 0.15) is 0 Å². The van der Waals surface area contributed by atoms with E-state index in [0.29, 0.717) is 37.4 Å². The highest BCUT2D eigenvalue weighted by Gasteiger charge is 2.34. The van der Waals surface area contributed by atoms with Crippen LogP contribution in [0.25, 0.3) is 0 Å². The lowest BCUT2D eigenvalue weighted by Gasteiger charge is -2.14. The molecule has 0 bridgehead atoms. The van der Waals surface area contributed by atoms with Gasteiger partial charge in [-0.15, -0.1) is 24.0 Å². The summed E-state index contributed by atoms with van der Waals surface area (Å²) in [6.07, 6.45) is 1.58. The van der Waals surface area contributed by atoms with Crippen molar-refractivity contribution in [2.75, 3.05) is 39.9 Å². The van der Waals surface area contributed by atoms with E-state index in [4.69, 9.17) is 4.74 Å². The van der Waals surface area contributed by atoms with E-state index in [2.05, 4.69) is 15.6 Å². The molecule has 2 rings (SSSR count). The molecule has 1 aliphatic heterocycles. The Morgan fingerprint density at radius 2 is 1.69 bits per heavy atom. The molecule has 0 aromatic heterocycles. The van der Waals surface area contributed by atoms with Crippen molar-refractivity contribution in [2.24, 2.45) is 4.99 Å². The number of halogens is 1. The average Bonchev–Trinajstić information content (AvgIpc) is 2.88.